The van der Waals surface area contributed by atoms with Gasteiger partial charge in [-0.05, 0) is 38.4 Å². The summed E-state index contributed by atoms with van der Waals surface area (Å²) in [6, 6.07) is 4.64. The average molecular weight is 273 g/mol. The van der Waals surface area contributed by atoms with Gasteiger partial charge in [-0.15, -0.1) is 0 Å². The minimum Gasteiger partial charge on any atom is -0.465 e. The van der Waals surface area contributed by atoms with Crippen molar-refractivity contribution < 1.29 is 4.42 Å². The molecule has 0 spiro atoms. The van der Waals surface area contributed by atoms with Crippen LogP contribution >= 0.6 is 0 Å². The van der Waals surface area contributed by atoms with Crippen molar-refractivity contribution in [3.05, 3.63) is 41.1 Å². The predicted molar refractivity (Wildman–Crippen MR) is 78.4 cm³/mol. The summed E-state index contributed by atoms with van der Waals surface area (Å²) in [7, 11) is 4.22. The number of nitrogens with zero attached hydrogens (tertiary/aromatic N) is 3. The second-order valence-electron chi connectivity index (χ2n) is 5.71. The Balaban J connectivity index is 1.76. The Hall–Kier alpha value is -1.55. The van der Waals surface area contributed by atoms with Crippen LogP contribution in [-0.4, -0.2) is 21.7 Å². The first kappa shape index (κ1) is 13.4. The van der Waals surface area contributed by atoms with Crippen molar-refractivity contribution in [2.75, 3.05) is 7.05 Å². The number of aromatic nitrogens is 2. The van der Waals surface area contributed by atoms with Gasteiger partial charge >= 0.3 is 0 Å². The van der Waals surface area contributed by atoms with Crippen LogP contribution in [0.25, 0.3) is 0 Å². The molecule has 3 rings (SSSR count). The number of hydrogen-bond acceptors (Lipinski definition) is 3. The third-order valence-electron chi connectivity index (χ3n) is 4.35. The Kier molecular flexibility index (Phi) is 3.66. The molecule has 0 aromatic carbocycles. The van der Waals surface area contributed by atoms with Crippen molar-refractivity contribution in [2.24, 2.45) is 7.05 Å². The Morgan fingerprint density at radius 2 is 2.20 bits per heavy atom. The largest absolute Gasteiger partial charge is 0.465 e. The van der Waals surface area contributed by atoms with Crippen LogP contribution in [0.4, 0.5) is 0 Å². The molecule has 0 fully saturated rings. The lowest BCUT2D eigenvalue weighted by Gasteiger charge is -2.30. The molecule has 20 heavy (non-hydrogen) atoms. The van der Waals surface area contributed by atoms with Gasteiger partial charge in [0.25, 0.3) is 0 Å². The van der Waals surface area contributed by atoms with E-state index < -0.39 is 0 Å². The lowest BCUT2D eigenvalue weighted by Crippen LogP contribution is -2.27. The van der Waals surface area contributed by atoms with E-state index in [0.29, 0.717) is 6.04 Å². The molecule has 0 amide bonds. The van der Waals surface area contributed by atoms with Gasteiger partial charge < -0.3 is 4.42 Å². The molecule has 0 radical (unpaired) electrons. The molecule has 0 N–H and O–H groups in total. The summed E-state index contributed by atoms with van der Waals surface area (Å²) in [5, 5.41) is 4.42. The standard InChI is InChI=1S/C16H23N3O/c1-4-12-8-9-13(20-12)11-18(2)15-6-5-7-16-14(15)10-17-19(16)3/h8-10,15H,4-7,11H2,1-3H3/t15-/m1/s1. The van der Waals surface area contributed by atoms with Crippen LogP contribution in [0.1, 0.15) is 48.6 Å². The summed E-state index contributed by atoms with van der Waals surface area (Å²) in [6.07, 6.45) is 6.59. The lowest BCUT2D eigenvalue weighted by molar-refractivity contribution is 0.196. The van der Waals surface area contributed by atoms with Crippen LogP contribution in [0, 0.1) is 0 Å². The number of furan rings is 1. The second-order valence-corrected chi connectivity index (χ2v) is 5.71. The van der Waals surface area contributed by atoms with Crippen molar-refractivity contribution in [3.63, 3.8) is 0 Å². The van der Waals surface area contributed by atoms with Gasteiger partial charge in [-0.1, -0.05) is 6.92 Å². The van der Waals surface area contributed by atoms with Crippen LogP contribution in [0.2, 0.25) is 0 Å². The maximum Gasteiger partial charge on any atom is 0.118 e. The Morgan fingerprint density at radius 1 is 1.40 bits per heavy atom. The van der Waals surface area contributed by atoms with Crippen LogP contribution in [-0.2, 0) is 26.4 Å². The molecule has 0 aliphatic heterocycles. The first-order valence-corrected chi connectivity index (χ1v) is 7.47. The molecular weight excluding hydrogens is 250 g/mol. The van der Waals surface area contributed by atoms with Crippen LogP contribution in [0.3, 0.4) is 0 Å². The molecule has 0 saturated carbocycles. The van der Waals surface area contributed by atoms with E-state index in [-0.39, 0.29) is 0 Å². The zero-order valence-corrected chi connectivity index (χ0v) is 12.6. The molecule has 1 atom stereocenters. The number of aryl methyl sites for hydroxylation is 2. The van der Waals surface area contributed by atoms with Crippen molar-refractivity contribution in [3.8, 4) is 0 Å². The van der Waals surface area contributed by atoms with Crippen LogP contribution in [0.5, 0.6) is 0 Å². The zero-order chi connectivity index (χ0) is 14.1. The predicted octanol–water partition coefficient (Wildman–Crippen LogP) is 3.08. The number of rotatable bonds is 4. The third kappa shape index (κ3) is 2.40. The average Bonchev–Trinajstić information content (AvgIpc) is 3.06. The maximum absolute atomic E-state index is 5.82. The van der Waals surface area contributed by atoms with Gasteiger partial charge in [0.05, 0.1) is 12.7 Å². The minimum absolute atomic E-state index is 0.461. The molecule has 1 aliphatic rings. The second kappa shape index (κ2) is 5.44. The van der Waals surface area contributed by atoms with Crippen molar-refractivity contribution in [1.29, 1.82) is 0 Å². The molecular formula is C16H23N3O. The highest BCUT2D eigenvalue weighted by molar-refractivity contribution is 5.25. The number of hydrogen-bond donors (Lipinski definition) is 0. The fourth-order valence-electron chi connectivity index (χ4n) is 3.19. The van der Waals surface area contributed by atoms with Gasteiger partial charge in [-0.3, -0.25) is 9.58 Å². The molecule has 0 saturated heterocycles. The fourth-order valence-corrected chi connectivity index (χ4v) is 3.19. The molecule has 2 aromatic heterocycles. The Labute approximate surface area is 120 Å². The molecule has 1 aliphatic carbocycles. The number of fused-ring (bicyclic) bond motifs is 1. The van der Waals surface area contributed by atoms with Crippen molar-refractivity contribution >= 4 is 0 Å². The Bertz CT molecular complexity index is 584. The van der Waals surface area contributed by atoms with E-state index in [9.17, 15) is 0 Å². The lowest BCUT2D eigenvalue weighted by atomic mass is 9.92. The summed E-state index contributed by atoms with van der Waals surface area (Å²) in [5.74, 6) is 2.12. The molecule has 4 heteroatoms. The van der Waals surface area contributed by atoms with Gasteiger partial charge in [-0.25, -0.2) is 0 Å². The summed E-state index contributed by atoms with van der Waals surface area (Å²) in [6.45, 7) is 2.98. The van der Waals surface area contributed by atoms with Crippen LogP contribution < -0.4 is 0 Å². The SMILES string of the molecule is CCc1ccc(CN(C)[C@@H]2CCCc3c2cnn3C)o1. The highest BCUT2D eigenvalue weighted by Crippen LogP contribution is 2.34. The third-order valence-corrected chi connectivity index (χ3v) is 4.35. The van der Waals surface area contributed by atoms with Gasteiger partial charge in [0, 0.05) is 30.8 Å². The monoisotopic (exact) mass is 273 g/mol. The van der Waals surface area contributed by atoms with Crippen molar-refractivity contribution in [2.45, 2.75) is 45.2 Å². The first-order valence-electron chi connectivity index (χ1n) is 7.47. The molecule has 2 aromatic rings. The van der Waals surface area contributed by atoms with Gasteiger partial charge in [-0.2, -0.15) is 5.10 Å². The summed E-state index contributed by atoms with van der Waals surface area (Å²) >= 11 is 0. The molecule has 108 valence electrons. The van der Waals surface area contributed by atoms with Gasteiger partial charge in [0.2, 0.25) is 0 Å². The van der Waals surface area contributed by atoms with Gasteiger partial charge in [0.15, 0.2) is 0 Å². The summed E-state index contributed by atoms with van der Waals surface area (Å²) in [5.41, 5.74) is 2.78. The first-order chi connectivity index (χ1) is 9.69. The van der Waals surface area contributed by atoms with Gasteiger partial charge in [0.1, 0.15) is 11.5 Å². The van der Waals surface area contributed by atoms with Crippen molar-refractivity contribution in [1.82, 2.24) is 14.7 Å². The minimum atomic E-state index is 0.461. The van der Waals surface area contributed by atoms with E-state index in [1.165, 1.54) is 24.1 Å². The smallest absolute Gasteiger partial charge is 0.118 e. The van der Waals surface area contributed by atoms with E-state index in [0.717, 1.165) is 30.9 Å². The van der Waals surface area contributed by atoms with E-state index in [1.54, 1.807) is 0 Å². The summed E-state index contributed by atoms with van der Waals surface area (Å²) < 4.78 is 7.85. The van der Waals surface area contributed by atoms with E-state index >= 15 is 0 Å². The van der Waals surface area contributed by atoms with E-state index in [4.69, 9.17) is 4.42 Å². The molecule has 0 bridgehead atoms. The van der Waals surface area contributed by atoms with E-state index in [2.05, 4.69) is 36.1 Å². The molecule has 4 nitrogen and oxygen atoms in total. The summed E-state index contributed by atoms with van der Waals surface area (Å²) in [4.78, 5) is 2.39. The quantitative estimate of drug-likeness (QED) is 0.858. The fraction of sp³-hybridized carbons (Fsp3) is 0.562. The maximum atomic E-state index is 5.82. The molecule has 0 unspecified atom stereocenters. The normalized spacial score (nSPS) is 18.5. The highest BCUT2D eigenvalue weighted by Gasteiger charge is 2.26. The van der Waals surface area contributed by atoms with E-state index in [1.807, 2.05) is 17.9 Å². The zero-order valence-electron chi connectivity index (χ0n) is 12.6. The highest BCUT2D eigenvalue weighted by atomic mass is 16.3. The molecule has 2 heterocycles. The topological polar surface area (TPSA) is 34.2 Å². The Morgan fingerprint density at radius 3 is 2.95 bits per heavy atom. The van der Waals surface area contributed by atoms with Crippen LogP contribution in [0.15, 0.2) is 22.7 Å².